The second-order valence-electron chi connectivity index (χ2n) is 7.17. The number of hydrogen-bond donors (Lipinski definition) is 0. The van der Waals surface area contributed by atoms with Gasteiger partial charge in [0.2, 0.25) is 0 Å². The van der Waals surface area contributed by atoms with Gasteiger partial charge in [-0.3, -0.25) is 9.69 Å². The Balaban J connectivity index is 1.29. The molecule has 1 atom stereocenters. The first-order valence-electron chi connectivity index (χ1n) is 9.74. The molecule has 2 aliphatic heterocycles. The number of ether oxygens (including phenoxy) is 2. The van der Waals surface area contributed by atoms with E-state index in [9.17, 15) is 4.79 Å². The number of para-hydroxylation sites is 1. The van der Waals surface area contributed by atoms with Crippen LogP contribution in [0.4, 0.5) is 0 Å². The van der Waals surface area contributed by atoms with Gasteiger partial charge in [-0.1, -0.05) is 18.2 Å². The first kappa shape index (κ1) is 18.0. The molecule has 4 rings (SSSR count). The minimum absolute atomic E-state index is 0.0954. The van der Waals surface area contributed by atoms with Crippen LogP contribution in [-0.4, -0.2) is 61.1 Å². The van der Waals surface area contributed by atoms with Crippen LogP contribution < -0.4 is 4.74 Å². The number of amides is 1. The Morgan fingerprint density at radius 2 is 1.67 bits per heavy atom. The van der Waals surface area contributed by atoms with Crippen LogP contribution in [0.15, 0.2) is 54.6 Å². The predicted molar refractivity (Wildman–Crippen MR) is 104 cm³/mol. The van der Waals surface area contributed by atoms with E-state index in [2.05, 4.69) is 4.90 Å². The molecule has 5 nitrogen and oxygen atoms in total. The van der Waals surface area contributed by atoms with Crippen molar-refractivity contribution in [3.63, 3.8) is 0 Å². The van der Waals surface area contributed by atoms with Gasteiger partial charge >= 0.3 is 0 Å². The molecular formula is C22H26N2O3. The Labute approximate surface area is 160 Å². The van der Waals surface area contributed by atoms with E-state index in [4.69, 9.17) is 9.47 Å². The van der Waals surface area contributed by atoms with Gasteiger partial charge in [0.25, 0.3) is 5.91 Å². The van der Waals surface area contributed by atoms with Crippen LogP contribution in [0.1, 0.15) is 23.2 Å². The molecule has 2 fully saturated rings. The molecule has 0 spiro atoms. The topological polar surface area (TPSA) is 42.0 Å². The summed E-state index contributed by atoms with van der Waals surface area (Å²) >= 11 is 0. The van der Waals surface area contributed by atoms with E-state index in [-0.39, 0.29) is 5.91 Å². The molecule has 0 aliphatic carbocycles. The fourth-order valence-electron chi connectivity index (χ4n) is 3.68. The van der Waals surface area contributed by atoms with Crippen molar-refractivity contribution >= 4 is 5.91 Å². The van der Waals surface area contributed by atoms with Crippen molar-refractivity contribution in [2.45, 2.75) is 18.9 Å². The Morgan fingerprint density at radius 1 is 0.963 bits per heavy atom. The first-order valence-corrected chi connectivity index (χ1v) is 9.74. The molecule has 0 bridgehead atoms. The third kappa shape index (κ3) is 4.67. The quantitative estimate of drug-likeness (QED) is 0.813. The van der Waals surface area contributed by atoms with Crippen LogP contribution in [-0.2, 0) is 4.74 Å². The standard InChI is InChI=1S/C22H26N2O3/c25-22(24-14-12-23(13-15-24)17-21-7-4-16-26-21)18-8-10-20(11-9-18)27-19-5-2-1-3-6-19/h1-3,5-6,8-11,21H,4,7,12-17H2. The molecule has 0 saturated carbocycles. The summed E-state index contributed by atoms with van der Waals surface area (Å²) in [5.41, 5.74) is 0.711. The molecule has 2 aromatic carbocycles. The maximum absolute atomic E-state index is 12.8. The van der Waals surface area contributed by atoms with Crippen molar-refractivity contribution in [3.05, 3.63) is 60.2 Å². The Morgan fingerprint density at radius 3 is 2.33 bits per heavy atom. The second-order valence-corrected chi connectivity index (χ2v) is 7.17. The molecular weight excluding hydrogens is 340 g/mol. The van der Waals surface area contributed by atoms with Crippen LogP contribution in [0.3, 0.4) is 0 Å². The number of carbonyl (C=O) groups excluding carboxylic acids is 1. The minimum atomic E-state index is 0.0954. The maximum atomic E-state index is 12.8. The third-order valence-corrected chi connectivity index (χ3v) is 5.23. The van der Waals surface area contributed by atoms with Crippen molar-refractivity contribution in [2.24, 2.45) is 0 Å². The smallest absolute Gasteiger partial charge is 0.253 e. The van der Waals surface area contributed by atoms with Gasteiger partial charge in [-0.05, 0) is 49.2 Å². The average molecular weight is 366 g/mol. The summed E-state index contributed by atoms with van der Waals surface area (Å²) in [7, 11) is 0. The van der Waals surface area contributed by atoms with Gasteiger partial charge in [0.15, 0.2) is 0 Å². The highest BCUT2D eigenvalue weighted by atomic mass is 16.5. The zero-order valence-electron chi connectivity index (χ0n) is 15.5. The van der Waals surface area contributed by atoms with Crippen LogP contribution in [0, 0.1) is 0 Å². The van der Waals surface area contributed by atoms with Crippen LogP contribution in [0.2, 0.25) is 0 Å². The van der Waals surface area contributed by atoms with Crippen molar-refractivity contribution < 1.29 is 14.3 Å². The fraction of sp³-hybridized carbons (Fsp3) is 0.409. The second kappa shape index (κ2) is 8.55. The number of rotatable bonds is 5. The van der Waals surface area contributed by atoms with Crippen LogP contribution in [0.5, 0.6) is 11.5 Å². The third-order valence-electron chi connectivity index (χ3n) is 5.23. The summed E-state index contributed by atoms with van der Waals surface area (Å²) in [6.45, 7) is 5.27. The molecule has 2 heterocycles. The first-order chi connectivity index (χ1) is 13.3. The molecule has 1 amide bonds. The largest absolute Gasteiger partial charge is 0.457 e. The summed E-state index contributed by atoms with van der Waals surface area (Å²) in [6, 6.07) is 17.1. The average Bonchev–Trinajstić information content (AvgIpc) is 3.22. The lowest BCUT2D eigenvalue weighted by atomic mass is 10.1. The summed E-state index contributed by atoms with van der Waals surface area (Å²) in [4.78, 5) is 17.1. The molecule has 5 heteroatoms. The van der Waals surface area contributed by atoms with E-state index >= 15 is 0 Å². The Hall–Kier alpha value is -2.37. The molecule has 1 unspecified atom stereocenters. The van der Waals surface area contributed by atoms with Gasteiger partial charge in [0.05, 0.1) is 6.10 Å². The molecule has 2 aromatic rings. The number of carbonyl (C=O) groups is 1. The van der Waals surface area contributed by atoms with Gasteiger partial charge < -0.3 is 14.4 Å². The van der Waals surface area contributed by atoms with Crippen molar-refractivity contribution in [2.75, 3.05) is 39.3 Å². The Bertz CT molecular complexity index is 734. The van der Waals surface area contributed by atoms with Crippen molar-refractivity contribution in [1.82, 2.24) is 9.80 Å². The van der Waals surface area contributed by atoms with E-state index in [1.165, 1.54) is 6.42 Å². The lowest BCUT2D eigenvalue weighted by molar-refractivity contribution is 0.0433. The van der Waals surface area contributed by atoms with E-state index in [1.54, 1.807) is 0 Å². The van der Waals surface area contributed by atoms with Gasteiger partial charge in [0.1, 0.15) is 11.5 Å². The molecule has 27 heavy (non-hydrogen) atoms. The van der Waals surface area contributed by atoms with Crippen molar-refractivity contribution in [1.29, 1.82) is 0 Å². The molecule has 0 aromatic heterocycles. The maximum Gasteiger partial charge on any atom is 0.253 e. The number of hydrogen-bond acceptors (Lipinski definition) is 4. The molecule has 0 N–H and O–H groups in total. The number of nitrogens with zero attached hydrogens (tertiary/aromatic N) is 2. The fourth-order valence-corrected chi connectivity index (χ4v) is 3.68. The van der Waals surface area contributed by atoms with Gasteiger partial charge in [0, 0.05) is 44.9 Å². The Kier molecular flexibility index (Phi) is 5.70. The van der Waals surface area contributed by atoms with Crippen LogP contribution >= 0.6 is 0 Å². The van der Waals surface area contributed by atoms with Gasteiger partial charge in [-0.2, -0.15) is 0 Å². The van der Waals surface area contributed by atoms with E-state index in [0.717, 1.165) is 57.3 Å². The zero-order valence-corrected chi connectivity index (χ0v) is 15.5. The summed E-state index contributed by atoms with van der Waals surface area (Å²) in [5, 5.41) is 0. The summed E-state index contributed by atoms with van der Waals surface area (Å²) in [5.74, 6) is 1.62. The minimum Gasteiger partial charge on any atom is -0.457 e. The van der Waals surface area contributed by atoms with Crippen molar-refractivity contribution in [3.8, 4) is 11.5 Å². The SMILES string of the molecule is O=C(c1ccc(Oc2ccccc2)cc1)N1CCN(CC2CCCO2)CC1. The normalized spacial score (nSPS) is 20.6. The molecule has 2 aliphatic rings. The lowest BCUT2D eigenvalue weighted by Gasteiger charge is -2.35. The molecule has 142 valence electrons. The van der Waals surface area contributed by atoms with Gasteiger partial charge in [-0.15, -0.1) is 0 Å². The van der Waals surface area contributed by atoms with E-state index < -0.39 is 0 Å². The monoisotopic (exact) mass is 366 g/mol. The van der Waals surface area contributed by atoms with E-state index in [1.807, 2.05) is 59.5 Å². The summed E-state index contributed by atoms with van der Waals surface area (Å²) in [6.07, 6.45) is 2.72. The van der Waals surface area contributed by atoms with Crippen LogP contribution in [0.25, 0.3) is 0 Å². The lowest BCUT2D eigenvalue weighted by Crippen LogP contribution is -2.50. The molecule has 2 saturated heterocycles. The highest BCUT2D eigenvalue weighted by Gasteiger charge is 2.25. The van der Waals surface area contributed by atoms with E-state index in [0.29, 0.717) is 11.7 Å². The highest BCUT2D eigenvalue weighted by Crippen LogP contribution is 2.22. The van der Waals surface area contributed by atoms with Gasteiger partial charge in [-0.25, -0.2) is 0 Å². The summed E-state index contributed by atoms with van der Waals surface area (Å²) < 4.78 is 11.5. The zero-order chi connectivity index (χ0) is 18.5. The number of benzene rings is 2. The highest BCUT2D eigenvalue weighted by molar-refractivity contribution is 5.94. The number of piperazine rings is 1. The predicted octanol–water partition coefficient (Wildman–Crippen LogP) is 3.42. The molecule has 0 radical (unpaired) electrons.